The van der Waals surface area contributed by atoms with Crippen molar-refractivity contribution >= 4 is 17.6 Å². The molecule has 0 spiro atoms. The summed E-state index contributed by atoms with van der Waals surface area (Å²) < 4.78 is 0.955. The molecule has 0 aliphatic rings. The molecule has 0 aliphatic heterocycles. The fourth-order valence-electron chi connectivity index (χ4n) is 2.66. The van der Waals surface area contributed by atoms with Crippen molar-refractivity contribution in [1.29, 1.82) is 0 Å². The normalized spacial score (nSPS) is 11.1. The molecule has 0 fully saturated rings. The van der Waals surface area contributed by atoms with Gasteiger partial charge in [-0.1, -0.05) is 25.4 Å². The van der Waals surface area contributed by atoms with Crippen molar-refractivity contribution in [3.05, 3.63) is 60.9 Å². The molecule has 25 heavy (non-hydrogen) atoms. The highest BCUT2D eigenvalue weighted by molar-refractivity contribution is 6.30. The summed E-state index contributed by atoms with van der Waals surface area (Å²) in [5, 5.41) is 9.85. The molecule has 1 aromatic heterocycles. The quantitative estimate of drug-likeness (QED) is 0.816. The van der Waals surface area contributed by atoms with E-state index in [2.05, 4.69) is 4.98 Å². The lowest BCUT2D eigenvalue weighted by Gasteiger charge is -2.19. The molecule has 8 heteroatoms. The Labute approximate surface area is 149 Å². The van der Waals surface area contributed by atoms with Gasteiger partial charge >= 0.3 is 11.7 Å². The molecular formula is C17H20ClN3O4. The van der Waals surface area contributed by atoms with Crippen LogP contribution in [0, 0.1) is 6.92 Å². The van der Waals surface area contributed by atoms with Crippen molar-refractivity contribution < 1.29 is 9.90 Å². The zero-order valence-corrected chi connectivity index (χ0v) is 15.1. The number of aromatic carboxylic acids is 1. The van der Waals surface area contributed by atoms with Crippen molar-refractivity contribution in [2.75, 3.05) is 13.1 Å². The van der Waals surface area contributed by atoms with Gasteiger partial charge in [-0.15, -0.1) is 0 Å². The van der Waals surface area contributed by atoms with Crippen LogP contribution in [-0.4, -0.2) is 38.6 Å². The molecular weight excluding hydrogens is 346 g/mol. The third-order valence-corrected chi connectivity index (χ3v) is 4.32. The molecule has 0 atom stereocenters. The number of carboxylic acids is 1. The first-order valence-corrected chi connectivity index (χ1v) is 8.28. The second-order valence-corrected chi connectivity index (χ2v) is 6.06. The first kappa shape index (κ1) is 19.0. The molecule has 134 valence electrons. The number of hydrogen-bond acceptors (Lipinski definition) is 4. The Bertz CT molecular complexity index is 913. The lowest BCUT2D eigenvalue weighted by Crippen LogP contribution is -2.40. The molecule has 0 saturated heterocycles. The van der Waals surface area contributed by atoms with E-state index in [4.69, 9.17) is 11.6 Å². The molecule has 1 heterocycles. The van der Waals surface area contributed by atoms with Crippen LogP contribution >= 0.6 is 11.6 Å². The minimum atomic E-state index is -1.34. The molecule has 2 rings (SSSR count). The van der Waals surface area contributed by atoms with Gasteiger partial charge in [0.15, 0.2) is 0 Å². The predicted octanol–water partition coefficient (Wildman–Crippen LogP) is 2.03. The molecule has 0 saturated carbocycles. The summed E-state index contributed by atoms with van der Waals surface area (Å²) in [6, 6.07) is 4.78. The third-order valence-electron chi connectivity index (χ3n) is 4.09. The number of nitrogens with one attached hydrogen (secondary N) is 1. The maximum atomic E-state index is 12.9. The fourth-order valence-corrected chi connectivity index (χ4v) is 2.89. The van der Waals surface area contributed by atoms with E-state index >= 15 is 0 Å². The first-order valence-electron chi connectivity index (χ1n) is 7.90. The molecule has 2 N–H and O–H groups in total. The number of halogens is 1. The van der Waals surface area contributed by atoms with Gasteiger partial charge in [0.2, 0.25) is 0 Å². The molecule has 1 aromatic carbocycles. The standard InChI is InChI=1S/C17H20ClN3O4/c1-4-20(5-2)9-12-14(16(23)24)19-17(25)21(15(12)22)13-7-6-11(18)8-10(13)3/h6-8H,4-5,9H2,1-3H3,(H,19,25)(H,23,24). The second kappa shape index (κ2) is 7.67. The number of aryl methyl sites for hydroxylation is 1. The fraction of sp³-hybridized carbons (Fsp3) is 0.353. The van der Waals surface area contributed by atoms with Crippen LogP contribution in [0.15, 0.2) is 27.8 Å². The summed E-state index contributed by atoms with van der Waals surface area (Å²) in [6.45, 7) is 6.98. The number of aromatic amines is 1. The molecule has 0 radical (unpaired) electrons. The van der Waals surface area contributed by atoms with Crippen LogP contribution in [-0.2, 0) is 6.54 Å². The highest BCUT2D eigenvalue weighted by Gasteiger charge is 2.21. The Hall–Kier alpha value is -2.38. The van der Waals surface area contributed by atoms with E-state index in [1.165, 1.54) is 0 Å². The monoisotopic (exact) mass is 365 g/mol. The van der Waals surface area contributed by atoms with Gasteiger partial charge in [0, 0.05) is 11.6 Å². The van der Waals surface area contributed by atoms with Gasteiger partial charge in [-0.3, -0.25) is 9.69 Å². The molecule has 0 bridgehead atoms. The molecule has 2 aromatic rings. The molecule has 7 nitrogen and oxygen atoms in total. The van der Waals surface area contributed by atoms with Gasteiger partial charge in [-0.05, 0) is 43.8 Å². The van der Waals surface area contributed by atoms with E-state index in [0.717, 1.165) is 4.57 Å². The van der Waals surface area contributed by atoms with E-state index in [9.17, 15) is 19.5 Å². The van der Waals surface area contributed by atoms with Crippen molar-refractivity contribution in [3.8, 4) is 5.69 Å². The average Bonchev–Trinajstić information content (AvgIpc) is 2.55. The Morgan fingerprint density at radius 3 is 2.44 bits per heavy atom. The third kappa shape index (κ3) is 3.83. The van der Waals surface area contributed by atoms with Crippen LogP contribution < -0.4 is 11.2 Å². The highest BCUT2D eigenvalue weighted by Crippen LogP contribution is 2.17. The number of nitrogens with zero attached hydrogens (tertiary/aromatic N) is 2. The lowest BCUT2D eigenvalue weighted by atomic mass is 10.1. The van der Waals surface area contributed by atoms with Crippen LogP contribution in [0.3, 0.4) is 0 Å². The van der Waals surface area contributed by atoms with E-state index in [1.54, 1.807) is 25.1 Å². The maximum Gasteiger partial charge on any atom is 0.352 e. The molecule has 0 amide bonds. The first-order chi connectivity index (χ1) is 11.8. The topological polar surface area (TPSA) is 95.4 Å². The lowest BCUT2D eigenvalue weighted by molar-refractivity contribution is 0.0686. The summed E-state index contributed by atoms with van der Waals surface area (Å²) >= 11 is 5.93. The summed E-state index contributed by atoms with van der Waals surface area (Å²) in [5.41, 5.74) is -0.755. The SMILES string of the molecule is CCN(CC)Cc1c(C(=O)O)[nH]c(=O)n(-c2ccc(Cl)cc2C)c1=O. The van der Waals surface area contributed by atoms with E-state index in [0.29, 0.717) is 29.4 Å². The number of carboxylic acid groups (broad SMARTS) is 1. The van der Waals surface area contributed by atoms with E-state index < -0.39 is 17.2 Å². The van der Waals surface area contributed by atoms with Crippen LogP contribution in [0.4, 0.5) is 0 Å². The van der Waals surface area contributed by atoms with Crippen molar-refractivity contribution in [2.24, 2.45) is 0 Å². The smallest absolute Gasteiger partial charge is 0.352 e. The Morgan fingerprint density at radius 2 is 1.92 bits per heavy atom. The van der Waals surface area contributed by atoms with Gasteiger partial charge in [0.25, 0.3) is 5.56 Å². The molecule has 0 aliphatic carbocycles. The van der Waals surface area contributed by atoms with E-state index in [1.807, 2.05) is 18.7 Å². The Balaban J connectivity index is 2.76. The number of carbonyl (C=O) groups is 1. The zero-order chi connectivity index (χ0) is 18.7. The Kier molecular flexibility index (Phi) is 5.81. The van der Waals surface area contributed by atoms with Gasteiger partial charge < -0.3 is 10.1 Å². The summed E-state index contributed by atoms with van der Waals surface area (Å²) in [5.74, 6) is -1.34. The number of hydrogen-bond donors (Lipinski definition) is 2. The number of benzene rings is 1. The zero-order valence-electron chi connectivity index (χ0n) is 14.3. The number of aromatic nitrogens is 2. The van der Waals surface area contributed by atoms with Crippen LogP contribution in [0.1, 0.15) is 35.5 Å². The van der Waals surface area contributed by atoms with Crippen LogP contribution in [0.2, 0.25) is 5.02 Å². The summed E-state index contributed by atoms with van der Waals surface area (Å²) in [6.07, 6.45) is 0. The van der Waals surface area contributed by atoms with Gasteiger partial charge in [-0.2, -0.15) is 0 Å². The van der Waals surface area contributed by atoms with Crippen molar-refractivity contribution in [2.45, 2.75) is 27.3 Å². The van der Waals surface area contributed by atoms with E-state index in [-0.39, 0.29) is 17.8 Å². The second-order valence-electron chi connectivity index (χ2n) is 5.62. The van der Waals surface area contributed by atoms with Gasteiger partial charge in [-0.25, -0.2) is 14.2 Å². The maximum absolute atomic E-state index is 12.9. The highest BCUT2D eigenvalue weighted by atomic mass is 35.5. The van der Waals surface area contributed by atoms with Crippen LogP contribution in [0.5, 0.6) is 0 Å². The summed E-state index contributed by atoms with van der Waals surface area (Å²) in [7, 11) is 0. The largest absolute Gasteiger partial charge is 0.477 e. The molecule has 0 unspecified atom stereocenters. The van der Waals surface area contributed by atoms with Crippen LogP contribution in [0.25, 0.3) is 5.69 Å². The Morgan fingerprint density at radius 1 is 1.28 bits per heavy atom. The van der Waals surface area contributed by atoms with Crippen molar-refractivity contribution in [3.63, 3.8) is 0 Å². The summed E-state index contributed by atoms with van der Waals surface area (Å²) in [4.78, 5) is 41.0. The number of rotatable bonds is 6. The predicted molar refractivity (Wildman–Crippen MR) is 96.0 cm³/mol. The number of H-pyrrole nitrogens is 1. The minimum Gasteiger partial charge on any atom is -0.477 e. The minimum absolute atomic E-state index is 0.0464. The average molecular weight is 366 g/mol. The van der Waals surface area contributed by atoms with Crippen molar-refractivity contribution in [1.82, 2.24) is 14.5 Å². The van der Waals surface area contributed by atoms with Gasteiger partial charge in [0.05, 0.1) is 11.3 Å². The van der Waals surface area contributed by atoms with Gasteiger partial charge in [0.1, 0.15) is 5.69 Å².